The molecule has 330 valence electrons. The van der Waals surface area contributed by atoms with Crippen LogP contribution < -0.4 is 67.7 Å². The number of ether oxygens (including phenoxy) is 1. The molecule has 2 aromatic carbocycles. The van der Waals surface area contributed by atoms with Crippen molar-refractivity contribution in [1.29, 1.82) is 0 Å². The number of non-ortho nitro benzene ring substituents is 1. The van der Waals surface area contributed by atoms with Crippen molar-refractivity contribution >= 4 is 57.2 Å². The molecule has 3 N–H and O–H groups in total. The Morgan fingerprint density at radius 1 is 1.07 bits per heavy atom. The van der Waals surface area contributed by atoms with Crippen LogP contribution in [0.15, 0.2) is 71.8 Å². The number of rotatable bonds is 15. The molecule has 5 aliphatic rings. The minimum absolute atomic E-state index is 0. The second-order valence-corrected chi connectivity index (χ2v) is 18.2. The van der Waals surface area contributed by atoms with E-state index in [0.29, 0.717) is 24.2 Å². The molecule has 0 unspecified atom stereocenters. The van der Waals surface area contributed by atoms with E-state index in [1.165, 1.54) is 28.2 Å². The summed E-state index contributed by atoms with van der Waals surface area (Å²) in [6, 6.07) is 14.5. The SMILES string of the molecule is CSc1c2sc(C3=C(C(=O)O)N4C(=O)[C@H]([C@@H](C)O)[C@H]4[C@H]3C)c[n+]2cn1Cc1cccc(C[N+]23CC[N+](CCCNC(=O)OCc4ccc([N+](=O)[O-])cc4)(CC2)CC3)c1.[Br-].[Br-].[I-]. The molecule has 4 saturated heterocycles. The number of nitrogens with one attached hydrogen (secondary N) is 1. The highest BCUT2D eigenvalue weighted by Gasteiger charge is 2.60. The number of aliphatic hydroxyl groups is 1. The van der Waals surface area contributed by atoms with Crippen molar-refractivity contribution in [3.63, 3.8) is 0 Å². The number of benzene rings is 2. The summed E-state index contributed by atoms with van der Waals surface area (Å²) >= 11 is 3.20. The van der Waals surface area contributed by atoms with Gasteiger partial charge in [0.25, 0.3) is 12.0 Å². The fourth-order valence-electron chi connectivity index (χ4n) is 9.71. The lowest BCUT2D eigenvalue weighted by atomic mass is 9.77. The number of amides is 2. The summed E-state index contributed by atoms with van der Waals surface area (Å²) in [4.78, 5) is 51.2. The van der Waals surface area contributed by atoms with Crippen molar-refractivity contribution in [3.05, 3.63) is 98.4 Å². The number of aromatic nitrogens is 2. The van der Waals surface area contributed by atoms with E-state index in [2.05, 4.69) is 51.1 Å². The van der Waals surface area contributed by atoms with Crippen LogP contribution in [0.5, 0.6) is 0 Å². The normalized spacial score (nSPS) is 24.2. The average Bonchev–Trinajstić information content (AvgIpc) is 3.83. The van der Waals surface area contributed by atoms with Gasteiger partial charge in [0.2, 0.25) is 15.8 Å². The Kier molecular flexibility index (Phi) is 15.8. The van der Waals surface area contributed by atoms with E-state index in [9.17, 15) is 34.7 Å². The quantitative estimate of drug-likeness (QED) is 0.0155. The third-order valence-corrected chi connectivity index (χ3v) is 14.9. The van der Waals surface area contributed by atoms with Crippen LogP contribution >= 0.6 is 23.1 Å². The minimum atomic E-state index is -1.12. The number of carboxylic acids is 1. The number of thiazole rings is 1. The number of hydrogen-bond acceptors (Lipinski definition) is 9. The highest BCUT2D eigenvalue weighted by atomic mass is 127. The molecule has 61 heavy (non-hydrogen) atoms. The predicted molar refractivity (Wildman–Crippen MR) is 217 cm³/mol. The lowest BCUT2D eigenvalue weighted by Crippen LogP contribution is -3.00. The number of piperazine rings is 3. The minimum Gasteiger partial charge on any atom is -1.00 e. The largest absolute Gasteiger partial charge is 1.00 e. The van der Waals surface area contributed by atoms with Gasteiger partial charge in [0.1, 0.15) is 70.9 Å². The van der Waals surface area contributed by atoms with Gasteiger partial charge in [-0.05, 0) is 42.5 Å². The molecule has 2 bridgehead atoms. The lowest BCUT2D eigenvalue weighted by molar-refractivity contribution is -1.09. The van der Waals surface area contributed by atoms with Gasteiger partial charge in [0.15, 0.2) is 0 Å². The van der Waals surface area contributed by atoms with E-state index in [0.717, 1.165) is 82.5 Å². The van der Waals surface area contributed by atoms with Crippen molar-refractivity contribution in [2.45, 2.75) is 57.1 Å². The third-order valence-electron chi connectivity index (χ3n) is 12.8. The number of β-lactam (4-membered cyclic amide) rings is 1. The van der Waals surface area contributed by atoms with Crippen LogP contribution in [-0.4, -0.2) is 122 Å². The molecule has 0 saturated carbocycles. The number of aliphatic hydroxyl groups excluding tert-OH is 1. The number of aliphatic carboxylic acids is 1. The molecule has 15 nitrogen and oxygen atoms in total. The summed E-state index contributed by atoms with van der Waals surface area (Å²) in [6.45, 7) is 13.6. The Balaban J connectivity index is 0.00000235. The van der Waals surface area contributed by atoms with E-state index in [1.807, 2.05) is 13.1 Å². The highest BCUT2D eigenvalue weighted by molar-refractivity contribution is 7.98. The topological polar surface area (TPSA) is 168 Å². The lowest BCUT2D eigenvalue weighted by Gasteiger charge is -2.55. The molecule has 5 aliphatic heterocycles. The number of imidazole rings is 1. The number of nitrogens with zero attached hydrogens (tertiary/aromatic N) is 6. The standard InChI is InChI=1S/C41H48N7O8S2.2BrH.HI/c1-26-33(36(40(51)52)45-35(26)34(27(2)49)37(45)50)32-22-44-25-43(38(57-3)39(44)58-32)21-29-6-4-7-30(20-29)23-48-17-14-47(15-18-48,16-19-48)13-5-12-42-41(53)56-24-28-8-10-31(11-9-28)46(54)55;;;/h4,6-11,20,22,25-27,34-35,49H,5,12-19,21,23-24H2,1-3H3;3*1H/q+1;;;/p-1/t26-,27+,34+,35+,47?,48?;;;/m0.../s1. The first kappa shape index (κ1) is 48.9. The zero-order chi connectivity index (χ0) is 40.9. The number of fused-ring (bicyclic) bond motifs is 5. The highest BCUT2D eigenvalue weighted by Crippen LogP contribution is 2.51. The van der Waals surface area contributed by atoms with Crippen molar-refractivity contribution in [2.24, 2.45) is 11.8 Å². The number of quaternary nitrogens is 2. The molecule has 0 aliphatic carbocycles. The third kappa shape index (κ3) is 9.56. The van der Waals surface area contributed by atoms with E-state index < -0.39 is 29.0 Å². The van der Waals surface area contributed by atoms with E-state index in [4.69, 9.17) is 4.74 Å². The van der Waals surface area contributed by atoms with Gasteiger partial charge in [-0.15, -0.1) is 0 Å². The molecule has 4 atom stereocenters. The number of hydrogen-bond donors (Lipinski definition) is 3. The summed E-state index contributed by atoms with van der Waals surface area (Å²) in [5.74, 6) is -2.26. The molecular weight excluding hydrogens is 1070 g/mol. The molecule has 0 spiro atoms. The van der Waals surface area contributed by atoms with Gasteiger partial charge in [-0.25, -0.2) is 14.2 Å². The summed E-state index contributed by atoms with van der Waals surface area (Å²) in [6.07, 6.45) is 5.65. The van der Waals surface area contributed by atoms with Gasteiger partial charge in [0, 0.05) is 42.2 Å². The second kappa shape index (κ2) is 19.7. The summed E-state index contributed by atoms with van der Waals surface area (Å²) in [7, 11) is 0. The first-order valence-corrected chi connectivity index (χ1v) is 21.8. The van der Waals surface area contributed by atoms with E-state index in [1.54, 1.807) is 42.2 Å². The zero-order valence-electron chi connectivity index (χ0n) is 34.0. The molecular formula is C41H50Br2IN7O8S2. The predicted octanol–water partition coefficient (Wildman–Crippen LogP) is -4.89. The van der Waals surface area contributed by atoms with Crippen LogP contribution in [0.3, 0.4) is 0 Å². The molecule has 2 aromatic heterocycles. The van der Waals surface area contributed by atoms with Gasteiger partial charge in [-0.3, -0.25) is 14.9 Å². The fourth-order valence-corrected chi connectivity index (χ4v) is 11.9. The van der Waals surface area contributed by atoms with Crippen LogP contribution in [0.4, 0.5) is 10.5 Å². The molecule has 0 radical (unpaired) electrons. The van der Waals surface area contributed by atoms with Crippen molar-refractivity contribution in [3.8, 4) is 0 Å². The molecule has 4 aromatic rings. The van der Waals surface area contributed by atoms with Gasteiger partial charge in [-0.2, -0.15) is 4.40 Å². The maximum Gasteiger partial charge on any atom is 0.407 e. The van der Waals surface area contributed by atoms with E-state index >= 15 is 0 Å². The molecule has 7 heterocycles. The summed E-state index contributed by atoms with van der Waals surface area (Å²) in [5.41, 5.74) is 3.94. The number of halogens is 3. The smallest absolute Gasteiger partial charge is 0.407 e. The monoisotopic (exact) mass is 1120 g/mol. The van der Waals surface area contributed by atoms with Crippen LogP contribution in [-0.2, 0) is 34.0 Å². The van der Waals surface area contributed by atoms with Crippen LogP contribution in [0.1, 0.15) is 41.8 Å². The number of nitro groups is 1. The number of nitro benzene ring substituents is 1. The molecule has 20 heteroatoms. The fraction of sp³-hybridized carbons (Fsp3) is 0.463. The van der Waals surface area contributed by atoms with Gasteiger partial charge in [-0.1, -0.05) is 48.2 Å². The average molecular weight is 1120 g/mol. The second-order valence-electron chi connectivity index (χ2n) is 16.4. The number of alkyl carbamates (subject to hydrolysis) is 1. The maximum absolute atomic E-state index is 12.9. The van der Waals surface area contributed by atoms with Crippen LogP contribution in [0, 0.1) is 22.0 Å². The first-order valence-electron chi connectivity index (χ1n) is 19.8. The summed E-state index contributed by atoms with van der Waals surface area (Å²) < 4.78 is 11.8. The number of carbonyl (C=O) groups is 3. The van der Waals surface area contributed by atoms with Crippen molar-refractivity contribution in [1.82, 2.24) is 14.8 Å². The molecule has 2 amide bonds. The first-order chi connectivity index (χ1) is 27.8. The maximum atomic E-state index is 12.9. The van der Waals surface area contributed by atoms with Gasteiger partial charge >= 0.3 is 12.1 Å². The number of carbonyl (C=O) groups excluding carboxylic acids is 2. The van der Waals surface area contributed by atoms with Crippen LogP contribution in [0.2, 0.25) is 0 Å². The molecule has 9 rings (SSSR count). The van der Waals surface area contributed by atoms with Gasteiger partial charge in [0.05, 0.1) is 34.4 Å². The zero-order valence-corrected chi connectivity index (χ0v) is 41.0. The number of carboxylic acid groups (broad SMARTS) is 1. The van der Waals surface area contributed by atoms with Crippen LogP contribution in [0.25, 0.3) is 10.4 Å². The summed E-state index contributed by atoms with van der Waals surface area (Å²) in [5, 5.41) is 35.3. The molecule has 4 fully saturated rings. The Bertz CT molecular complexity index is 2300. The Labute approximate surface area is 400 Å². The van der Waals surface area contributed by atoms with E-state index in [-0.39, 0.29) is 93.8 Å². The Morgan fingerprint density at radius 3 is 2.34 bits per heavy atom. The van der Waals surface area contributed by atoms with Crippen molar-refractivity contribution < 1.29 is 106 Å². The van der Waals surface area contributed by atoms with Crippen molar-refractivity contribution in [2.75, 3.05) is 58.6 Å². The van der Waals surface area contributed by atoms with Gasteiger partial charge < -0.3 is 92.1 Å². The Hall–Kier alpha value is -3.12. The Morgan fingerprint density at radius 2 is 1.72 bits per heavy atom. The number of thioether (sulfide) groups is 1.